The Bertz CT molecular complexity index is 755. The summed E-state index contributed by atoms with van der Waals surface area (Å²) in [5.41, 5.74) is 6.82. The number of para-hydroxylation sites is 1. The third kappa shape index (κ3) is 5.20. The molecule has 1 aliphatic heterocycles. The van der Waals surface area contributed by atoms with E-state index in [-0.39, 0.29) is 30.7 Å². The molecule has 1 aromatic carbocycles. The lowest BCUT2D eigenvalue weighted by atomic mass is 9.96. The minimum atomic E-state index is -3.42. The molecule has 1 fully saturated rings. The molecule has 2 rings (SSSR count). The van der Waals surface area contributed by atoms with E-state index in [2.05, 4.69) is 0 Å². The van der Waals surface area contributed by atoms with Crippen molar-refractivity contribution in [2.75, 3.05) is 30.2 Å². The molecular formula is C18H27N3O4S. The van der Waals surface area contributed by atoms with E-state index in [0.29, 0.717) is 38.0 Å². The quantitative estimate of drug-likeness (QED) is 0.768. The Morgan fingerprint density at radius 1 is 1.23 bits per heavy atom. The number of piperidine rings is 1. The molecular weight excluding hydrogens is 354 g/mol. The predicted octanol–water partition coefficient (Wildman–Crippen LogP) is 1.27. The Balaban J connectivity index is 1.91. The largest absolute Gasteiger partial charge is 0.369 e. The Morgan fingerprint density at radius 3 is 2.38 bits per heavy atom. The number of nitrogens with zero attached hydrogens (tertiary/aromatic N) is 2. The maximum Gasteiger partial charge on any atom is 0.232 e. The first-order valence-corrected chi connectivity index (χ1v) is 10.7. The number of carbonyl (C=O) groups is 2. The predicted molar refractivity (Wildman–Crippen MR) is 101 cm³/mol. The van der Waals surface area contributed by atoms with Crippen molar-refractivity contribution in [1.29, 1.82) is 0 Å². The zero-order valence-electron chi connectivity index (χ0n) is 15.3. The van der Waals surface area contributed by atoms with Crippen molar-refractivity contribution in [2.24, 2.45) is 11.7 Å². The first-order chi connectivity index (χ1) is 12.2. The number of nitrogens with two attached hydrogens (primary N) is 1. The van der Waals surface area contributed by atoms with Gasteiger partial charge in [0.15, 0.2) is 0 Å². The molecule has 0 unspecified atom stereocenters. The first kappa shape index (κ1) is 20.2. The fourth-order valence-corrected chi connectivity index (χ4v) is 4.28. The van der Waals surface area contributed by atoms with Crippen molar-refractivity contribution in [3.8, 4) is 0 Å². The number of likely N-dealkylation sites (tertiary alicyclic amines) is 1. The van der Waals surface area contributed by atoms with E-state index in [1.54, 1.807) is 17.0 Å². The number of rotatable bonds is 7. The highest BCUT2D eigenvalue weighted by Gasteiger charge is 2.26. The highest BCUT2D eigenvalue weighted by atomic mass is 32.2. The highest BCUT2D eigenvalue weighted by Crippen LogP contribution is 2.23. The number of sulfonamides is 1. The number of hydrogen-bond acceptors (Lipinski definition) is 4. The normalized spacial score (nSPS) is 15.7. The van der Waals surface area contributed by atoms with Crippen LogP contribution in [-0.4, -0.2) is 51.0 Å². The van der Waals surface area contributed by atoms with Crippen LogP contribution < -0.4 is 10.0 Å². The van der Waals surface area contributed by atoms with E-state index in [0.717, 1.165) is 5.56 Å². The number of aryl methyl sites for hydroxylation is 1. The summed E-state index contributed by atoms with van der Waals surface area (Å²) in [6.45, 7) is 3.18. The van der Waals surface area contributed by atoms with E-state index >= 15 is 0 Å². The molecule has 0 radical (unpaired) electrons. The molecule has 0 spiro atoms. The second kappa shape index (κ2) is 8.53. The number of primary amides is 1. The SMILES string of the molecule is Cc1ccccc1N(CCCC(=O)N1CCC(C(N)=O)CC1)S(C)(=O)=O. The zero-order chi connectivity index (χ0) is 19.3. The molecule has 0 saturated carbocycles. The monoisotopic (exact) mass is 381 g/mol. The molecule has 1 aliphatic rings. The van der Waals surface area contributed by atoms with Gasteiger partial charge in [0.2, 0.25) is 21.8 Å². The van der Waals surface area contributed by atoms with Gasteiger partial charge >= 0.3 is 0 Å². The van der Waals surface area contributed by atoms with Gasteiger partial charge in [-0.1, -0.05) is 18.2 Å². The standard InChI is InChI=1S/C18H27N3O4S/c1-14-6-3-4-7-16(14)21(26(2,24)25)11-5-8-17(22)20-12-9-15(10-13-20)18(19)23/h3-4,6-7,15H,5,8-13H2,1-2H3,(H2,19,23). The molecule has 2 amide bonds. The third-order valence-electron chi connectivity index (χ3n) is 4.79. The first-order valence-electron chi connectivity index (χ1n) is 8.80. The maximum atomic E-state index is 12.4. The second-order valence-corrected chi connectivity index (χ2v) is 8.69. The van der Waals surface area contributed by atoms with Gasteiger partial charge in [-0.25, -0.2) is 8.42 Å². The van der Waals surface area contributed by atoms with Gasteiger partial charge < -0.3 is 10.6 Å². The molecule has 144 valence electrons. The number of anilines is 1. The third-order valence-corrected chi connectivity index (χ3v) is 5.97. The lowest BCUT2D eigenvalue weighted by Crippen LogP contribution is -2.42. The van der Waals surface area contributed by atoms with Crippen LogP contribution in [0.15, 0.2) is 24.3 Å². The van der Waals surface area contributed by atoms with E-state index in [9.17, 15) is 18.0 Å². The molecule has 26 heavy (non-hydrogen) atoms. The molecule has 0 aromatic heterocycles. The molecule has 1 aromatic rings. The average Bonchev–Trinajstić information content (AvgIpc) is 2.58. The lowest BCUT2D eigenvalue weighted by molar-refractivity contribution is -0.134. The van der Waals surface area contributed by atoms with Gasteiger partial charge in [0.05, 0.1) is 11.9 Å². The minimum Gasteiger partial charge on any atom is -0.369 e. The topological polar surface area (TPSA) is 101 Å². The van der Waals surface area contributed by atoms with Gasteiger partial charge in [-0.2, -0.15) is 0 Å². The summed E-state index contributed by atoms with van der Waals surface area (Å²) in [6, 6.07) is 7.29. The number of benzene rings is 1. The van der Waals surface area contributed by atoms with Gasteiger partial charge in [0.1, 0.15) is 0 Å². The maximum absolute atomic E-state index is 12.4. The van der Waals surface area contributed by atoms with Gasteiger partial charge in [-0.15, -0.1) is 0 Å². The summed E-state index contributed by atoms with van der Waals surface area (Å²) in [5.74, 6) is -0.467. The molecule has 1 saturated heterocycles. The van der Waals surface area contributed by atoms with E-state index in [1.807, 2.05) is 19.1 Å². The Kier molecular flexibility index (Phi) is 6.63. The van der Waals surface area contributed by atoms with Crippen molar-refractivity contribution in [3.05, 3.63) is 29.8 Å². The minimum absolute atomic E-state index is 0.00819. The fourth-order valence-electron chi connectivity index (χ4n) is 3.25. The summed E-state index contributed by atoms with van der Waals surface area (Å²) >= 11 is 0. The summed E-state index contributed by atoms with van der Waals surface area (Å²) < 4.78 is 25.7. The van der Waals surface area contributed by atoms with E-state index in [4.69, 9.17) is 5.73 Å². The molecule has 0 aliphatic carbocycles. The zero-order valence-corrected chi connectivity index (χ0v) is 16.2. The molecule has 8 heteroatoms. The lowest BCUT2D eigenvalue weighted by Gasteiger charge is -2.31. The number of carbonyl (C=O) groups excluding carboxylic acids is 2. The molecule has 1 heterocycles. The van der Waals surface area contributed by atoms with Crippen LogP contribution in [0.5, 0.6) is 0 Å². The Morgan fingerprint density at radius 2 is 1.85 bits per heavy atom. The van der Waals surface area contributed by atoms with Crippen molar-refractivity contribution in [1.82, 2.24) is 4.90 Å². The average molecular weight is 381 g/mol. The van der Waals surface area contributed by atoms with Crippen molar-refractivity contribution < 1.29 is 18.0 Å². The van der Waals surface area contributed by atoms with Gasteiger partial charge in [0, 0.05) is 32.0 Å². The van der Waals surface area contributed by atoms with Crippen LogP contribution in [0.25, 0.3) is 0 Å². The number of amides is 2. The van der Waals surface area contributed by atoms with Crippen LogP contribution in [0, 0.1) is 12.8 Å². The number of hydrogen-bond donors (Lipinski definition) is 1. The Hall–Kier alpha value is -2.09. The van der Waals surface area contributed by atoms with Crippen molar-refractivity contribution in [2.45, 2.75) is 32.6 Å². The molecule has 7 nitrogen and oxygen atoms in total. The van der Waals surface area contributed by atoms with Crippen LogP contribution in [-0.2, 0) is 19.6 Å². The van der Waals surface area contributed by atoms with Crippen molar-refractivity contribution >= 4 is 27.5 Å². The summed E-state index contributed by atoms with van der Waals surface area (Å²) in [4.78, 5) is 25.3. The molecule has 2 N–H and O–H groups in total. The van der Waals surface area contributed by atoms with E-state index < -0.39 is 10.0 Å². The Labute approximate surface area is 155 Å². The van der Waals surface area contributed by atoms with Crippen LogP contribution >= 0.6 is 0 Å². The fraction of sp³-hybridized carbons (Fsp3) is 0.556. The smallest absolute Gasteiger partial charge is 0.232 e. The summed E-state index contributed by atoms with van der Waals surface area (Å²) in [5, 5.41) is 0. The van der Waals surface area contributed by atoms with Gasteiger partial charge in [0.25, 0.3) is 0 Å². The van der Waals surface area contributed by atoms with E-state index in [1.165, 1.54) is 10.6 Å². The second-order valence-electron chi connectivity index (χ2n) is 6.78. The molecule has 0 bridgehead atoms. The van der Waals surface area contributed by atoms with Crippen molar-refractivity contribution in [3.63, 3.8) is 0 Å². The summed E-state index contributed by atoms with van der Waals surface area (Å²) in [7, 11) is -3.42. The van der Waals surface area contributed by atoms with Gasteiger partial charge in [-0.3, -0.25) is 13.9 Å². The van der Waals surface area contributed by atoms with Crippen LogP contribution in [0.3, 0.4) is 0 Å². The highest BCUT2D eigenvalue weighted by molar-refractivity contribution is 7.92. The van der Waals surface area contributed by atoms with Gasteiger partial charge in [-0.05, 0) is 37.8 Å². The van der Waals surface area contributed by atoms with Crippen LogP contribution in [0.2, 0.25) is 0 Å². The van der Waals surface area contributed by atoms with Crippen LogP contribution in [0.1, 0.15) is 31.2 Å². The summed E-state index contributed by atoms with van der Waals surface area (Å²) in [6.07, 6.45) is 3.09. The van der Waals surface area contributed by atoms with Crippen LogP contribution in [0.4, 0.5) is 5.69 Å². The molecule has 0 atom stereocenters.